The molecule has 2 heterocycles. The Balaban J connectivity index is 1.58. The Morgan fingerprint density at radius 3 is 1.85 bits per heavy atom. The fraction of sp³-hybridized carbons (Fsp3) is 0.200. The minimum Gasteiger partial charge on any atom is -0.306 e. The molecule has 0 radical (unpaired) electrons. The zero-order valence-electron chi connectivity index (χ0n) is 10.4. The minimum absolute atomic E-state index is 0.171. The van der Waals surface area contributed by atoms with Gasteiger partial charge in [-0.2, -0.15) is 10.2 Å². The van der Waals surface area contributed by atoms with Crippen molar-refractivity contribution in [3.05, 3.63) is 37.5 Å². The maximum atomic E-state index is 11.4. The van der Waals surface area contributed by atoms with E-state index in [-0.39, 0.29) is 13.2 Å². The highest BCUT2D eigenvalue weighted by molar-refractivity contribution is 7.33. The molecule has 0 amide bonds. The van der Waals surface area contributed by atoms with E-state index in [0.29, 0.717) is 0 Å². The molecule has 0 unspecified atom stereocenters. The van der Waals surface area contributed by atoms with Gasteiger partial charge in [-0.1, -0.05) is 0 Å². The van der Waals surface area contributed by atoms with Crippen LogP contribution in [0.2, 0.25) is 0 Å². The van der Waals surface area contributed by atoms with Crippen LogP contribution >= 0.6 is 8.25 Å². The van der Waals surface area contributed by atoms with Gasteiger partial charge in [-0.05, 0) is 12.2 Å². The van der Waals surface area contributed by atoms with Gasteiger partial charge in [0.2, 0.25) is 0 Å². The molecule has 0 spiro atoms. The van der Waals surface area contributed by atoms with Crippen LogP contribution in [0.15, 0.2) is 37.5 Å². The monoisotopic (exact) mass is 296 g/mol. The van der Waals surface area contributed by atoms with E-state index >= 15 is 0 Å². The number of nitrogens with zero attached hydrogens (tertiary/aromatic N) is 6. The zero-order valence-corrected chi connectivity index (χ0v) is 11.4. The molecule has 0 atom stereocenters. The van der Waals surface area contributed by atoms with Crippen LogP contribution in [0, 0.1) is 0 Å². The van der Waals surface area contributed by atoms with Gasteiger partial charge in [0.05, 0.1) is 13.2 Å². The summed E-state index contributed by atoms with van der Waals surface area (Å²) in [4.78, 5) is 7.54. The third-order valence-corrected chi connectivity index (χ3v) is 2.79. The van der Waals surface area contributed by atoms with Crippen LogP contribution in [0.5, 0.6) is 0 Å². The van der Waals surface area contributed by atoms with E-state index in [2.05, 4.69) is 20.2 Å². The second-order valence-corrected chi connectivity index (χ2v) is 4.47. The first-order valence-electron chi connectivity index (χ1n) is 5.65. The highest BCUT2D eigenvalue weighted by Gasteiger charge is 1.95. The van der Waals surface area contributed by atoms with E-state index in [1.807, 2.05) is 0 Å². The number of aromatic nitrogens is 6. The van der Waals surface area contributed by atoms with Gasteiger partial charge in [0.15, 0.2) is 0 Å². The Labute approximate surface area is 115 Å². The first-order chi connectivity index (χ1) is 9.84. The molecule has 9 nitrogen and oxygen atoms in total. The van der Waals surface area contributed by atoms with Crippen LogP contribution in [0.4, 0.5) is 0 Å². The van der Waals surface area contributed by atoms with Crippen molar-refractivity contribution < 1.29 is 13.6 Å². The second-order valence-electron chi connectivity index (χ2n) is 3.39. The van der Waals surface area contributed by atoms with Crippen molar-refractivity contribution in [2.45, 2.75) is 0 Å². The van der Waals surface area contributed by atoms with Crippen LogP contribution in [0.1, 0.15) is 0 Å². The van der Waals surface area contributed by atoms with Crippen molar-refractivity contribution in [2.75, 3.05) is 13.2 Å². The zero-order chi connectivity index (χ0) is 14.0. The third kappa shape index (κ3) is 5.27. The lowest BCUT2D eigenvalue weighted by Gasteiger charge is -2.00. The van der Waals surface area contributed by atoms with Crippen molar-refractivity contribution in [2.24, 2.45) is 0 Å². The van der Waals surface area contributed by atoms with Gasteiger partial charge in [-0.25, -0.2) is 19.3 Å². The Hall–Kier alpha value is -2.09. The molecule has 0 N–H and O–H groups in total. The van der Waals surface area contributed by atoms with Gasteiger partial charge < -0.3 is 9.05 Å². The van der Waals surface area contributed by atoms with Crippen molar-refractivity contribution in [3.8, 4) is 0 Å². The summed E-state index contributed by atoms with van der Waals surface area (Å²) in [5, 5.41) is 7.72. The van der Waals surface area contributed by atoms with E-state index < -0.39 is 8.25 Å². The van der Waals surface area contributed by atoms with Crippen molar-refractivity contribution in [1.82, 2.24) is 29.5 Å². The molecule has 106 valence electrons. The largest absolute Gasteiger partial charge is 0.319 e. The van der Waals surface area contributed by atoms with Gasteiger partial charge in [0.25, 0.3) is 0 Å². The highest BCUT2D eigenvalue weighted by atomic mass is 31.1. The van der Waals surface area contributed by atoms with Crippen LogP contribution < -0.4 is 0 Å². The summed E-state index contributed by atoms with van der Waals surface area (Å²) < 4.78 is 24.3. The summed E-state index contributed by atoms with van der Waals surface area (Å²) in [7, 11) is -2.51. The van der Waals surface area contributed by atoms with Crippen molar-refractivity contribution in [1.29, 1.82) is 0 Å². The Kier molecular flexibility index (Phi) is 5.84. The first-order valence-corrected chi connectivity index (χ1v) is 6.88. The summed E-state index contributed by atoms with van der Waals surface area (Å²) in [5.41, 5.74) is 0. The molecular weight excluding hydrogens is 283 g/mol. The maximum absolute atomic E-state index is 11.4. The lowest BCUT2D eigenvalue weighted by molar-refractivity contribution is 0.261. The normalized spacial score (nSPS) is 12.1. The molecular formula is C10H13N6O3P. The molecule has 0 aromatic carbocycles. The third-order valence-electron chi connectivity index (χ3n) is 1.98. The molecule has 0 aliphatic heterocycles. The summed E-state index contributed by atoms with van der Waals surface area (Å²) in [5.74, 6) is 0. The van der Waals surface area contributed by atoms with Crippen LogP contribution in [-0.4, -0.2) is 42.7 Å². The summed E-state index contributed by atoms with van der Waals surface area (Å²) in [6, 6.07) is 0. The molecule has 0 bridgehead atoms. The molecule has 20 heavy (non-hydrogen) atoms. The van der Waals surface area contributed by atoms with Crippen molar-refractivity contribution in [3.63, 3.8) is 0 Å². The van der Waals surface area contributed by atoms with Gasteiger partial charge in [-0.3, -0.25) is 4.57 Å². The summed E-state index contributed by atoms with van der Waals surface area (Å²) in [6.07, 6.45) is 12.5. The predicted octanol–water partition coefficient (Wildman–Crippen LogP) is 0.934. The van der Waals surface area contributed by atoms with Gasteiger partial charge in [-0.15, -0.1) is 0 Å². The van der Waals surface area contributed by atoms with E-state index in [1.165, 1.54) is 34.7 Å². The maximum Gasteiger partial charge on any atom is 0.319 e. The first kappa shape index (κ1) is 14.3. The SMILES string of the molecule is O=[PH](OC/C=C/n1cncn1)OC/C=C/n1cncn1. The fourth-order valence-electron chi connectivity index (χ4n) is 1.16. The van der Waals surface area contributed by atoms with Crippen molar-refractivity contribution >= 4 is 20.7 Å². The lowest BCUT2D eigenvalue weighted by Crippen LogP contribution is -1.90. The highest BCUT2D eigenvalue weighted by Crippen LogP contribution is 2.23. The van der Waals surface area contributed by atoms with Gasteiger partial charge >= 0.3 is 8.25 Å². The van der Waals surface area contributed by atoms with Crippen LogP contribution in [0.25, 0.3) is 12.4 Å². The summed E-state index contributed by atoms with van der Waals surface area (Å²) in [6.45, 7) is 0.342. The predicted molar refractivity (Wildman–Crippen MR) is 71.6 cm³/mol. The Morgan fingerprint density at radius 2 is 1.45 bits per heavy atom. The number of hydrogen-bond donors (Lipinski definition) is 0. The Morgan fingerprint density at radius 1 is 0.950 bits per heavy atom. The molecule has 0 fully saturated rings. The smallest absolute Gasteiger partial charge is 0.306 e. The quantitative estimate of drug-likeness (QED) is 0.668. The Bertz CT molecular complexity index is 516. The van der Waals surface area contributed by atoms with Gasteiger partial charge in [0.1, 0.15) is 25.3 Å². The molecule has 0 saturated heterocycles. The van der Waals surface area contributed by atoms with E-state index in [0.717, 1.165) is 0 Å². The molecule has 0 saturated carbocycles. The average Bonchev–Trinajstić information content (AvgIpc) is 3.13. The molecule has 2 aromatic rings. The van der Waals surface area contributed by atoms with E-state index in [4.69, 9.17) is 9.05 Å². The standard InChI is InChI=1S/C10H13N6O3P/c17-20(18-5-1-3-15-9-11-7-13-15)19-6-2-4-16-10-12-8-14-16/h1-4,7-10,20H,5-6H2/b3-1+,4-2+. The number of hydrogen-bond acceptors (Lipinski definition) is 7. The molecule has 2 rings (SSSR count). The topological polar surface area (TPSA) is 97.0 Å². The average molecular weight is 296 g/mol. The minimum atomic E-state index is -2.51. The molecule has 0 aliphatic carbocycles. The van der Waals surface area contributed by atoms with Crippen LogP contribution in [0.3, 0.4) is 0 Å². The fourth-order valence-corrected chi connectivity index (χ4v) is 1.71. The summed E-state index contributed by atoms with van der Waals surface area (Å²) >= 11 is 0. The molecule has 2 aromatic heterocycles. The van der Waals surface area contributed by atoms with Crippen LogP contribution in [-0.2, 0) is 13.6 Å². The second kappa shape index (κ2) is 8.16. The number of rotatable bonds is 8. The van der Waals surface area contributed by atoms with E-state index in [9.17, 15) is 4.57 Å². The molecule has 10 heteroatoms. The van der Waals surface area contributed by atoms with Gasteiger partial charge in [0, 0.05) is 12.4 Å². The van der Waals surface area contributed by atoms with E-state index in [1.54, 1.807) is 24.6 Å². The molecule has 0 aliphatic rings. The lowest BCUT2D eigenvalue weighted by atomic mass is 10.6.